The van der Waals surface area contributed by atoms with Gasteiger partial charge in [0.2, 0.25) is 0 Å². The highest BCUT2D eigenvalue weighted by atomic mass is 16.3. The smallest absolute Gasteiger partial charge is 0.0808 e. The summed E-state index contributed by atoms with van der Waals surface area (Å²) in [6.45, 7) is 7.91. The van der Waals surface area contributed by atoms with Crippen LogP contribution < -0.4 is 0 Å². The third kappa shape index (κ3) is 1.06. The molecule has 1 N–H and O–H groups in total. The zero-order valence-corrected chi connectivity index (χ0v) is 7.31. The third-order valence-electron chi connectivity index (χ3n) is 2.70. The first-order valence-electron chi connectivity index (χ1n) is 3.76. The van der Waals surface area contributed by atoms with Crippen LogP contribution in [0, 0.1) is 5.41 Å². The molecule has 0 aliphatic carbocycles. The summed E-state index contributed by atoms with van der Waals surface area (Å²) in [5.41, 5.74) is -0.469. The summed E-state index contributed by atoms with van der Waals surface area (Å²) in [5.74, 6) is 0. The summed E-state index contributed by atoms with van der Waals surface area (Å²) < 4.78 is 0. The van der Waals surface area contributed by atoms with Gasteiger partial charge >= 0.3 is 0 Å². The molecule has 0 spiro atoms. The van der Waals surface area contributed by atoms with Crippen molar-refractivity contribution in [3.8, 4) is 0 Å². The molecule has 0 aromatic heterocycles. The van der Waals surface area contributed by atoms with Gasteiger partial charge in [-0.05, 0) is 14.0 Å². The number of hydrogen-bond acceptors (Lipinski definition) is 2. The molecular formula is C8H17NO. The molecule has 1 saturated heterocycles. The predicted octanol–water partition coefficient (Wildman–Crippen LogP) is 0.709. The molecule has 60 valence electrons. The summed E-state index contributed by atoms with van der Waals surface area (Å²) >= 11 is 0. The number of rotatable bonds is 0. The Bertz CT molecular complexity index is 124. The predicted molar refractivity (Wildman–Crippen MR) is 41.9 cm³/mol. The van der Waals surface area contributed by atoms with Crippen LogP contribution in [0.3, 0.4) is 0 Å². The van der Waals surface area contributed by atoms with E-state index in [0.29, 0.717) is 0 Å². The van der Waals surface area contributed by atoms with E-state index in [1.807, 2.05) is 14.0 Å². The molecule has 2 nitrogen and oxygen atoms in total. The van der Waals surface area contributed by atoms with Gasteiger partial charge < -0.3 is 10.0 Å². The van der Waals surface area contributed by atoms with Crippen molar-refractivity contribution >= 4 is 0 Å². The van der Waals surface area contributed by atoms with E-state index in [1.165, 1.54) is 0 Å². The summed E-state index contributed by atoms with van der Waals surface area (Å²) in [6.07, 6.45) is 0. The Kier molecular flexibility index (Phi) is 1.57. The highest BCUT2D eigenvalue weighted by Crippen LogP contribution is 2.37. The van der Waals surface area contributed by atoms with Crippen LogP contribution in [0.5, 0.6) is 0 Å². The van der Waals surface area contributed by atoms with Gasteiger partial charge in [0.15, 0.2) is 0 Å². The van der Waals surface area contributed by atoms with Gasteiger partial charge in [-0.3, -0.25) is 0 Å². The van der Waals surface area contributed by atoms with E-state index < -0.39 is 5.60 Å². The van der Waals surface area contributed by atoms with Crippen LogP contribution in [-0.4, -0.2) is 35.7 Å². The maximum absolute atomic E-state index is 9.85. The van der Waals surface area contributed by atoms with Crippen molar-refractivity contribution < 1.29 is 5.11 Å². The van der Waals surface area contributed by atoms with Crippen LogP contribution in [0.4, 0.5) is 0 Å². The molecule has 2 heteroatoms. The van der Waals surface area contributed by atoms with E-state index in [2.05, 4.69) is 18.7 Å². The molecule has 0 saturated carbocycles. The molecule has 0 aromatic rings. The van der Waals surface area contributed by atoms with E-state index in [1.54, 1.807) is 0 Å². The lowest BCUT2D eigenvalue weighted by Gasteiger charge is -2.31. The third-order valence-corrected chi connectivity index (χ3v) is 2.70. The van der Waals surface area contributed by atoms with Gasteiger partial charge in [0, 0.05) is 18.5 Å². The average Bonchev–Trinajstić information content (AvgIpc) is 1.73. The fourth-order valence-electron chi connectivity index (χ4n) is 1.64. The van der Waals surface area contributed by atoms with Gasteiger partial charge in [-0.25, -0.2) is 0 Å². The normalized spacial score (nSPS) is 40.5. The van der Waals surface area contributed by atoms with Crippen LogP contribution in [0.2, 0.25) is 0 Å². The zero-order chi connectivity index (χ0) is 7.99. The second-order valence-corrected chi connectivity index (χ2v) is 4.33. The second-order valence-electron chi connectivity index (χ2n) is 4.33. The largest absolute Gasteiger partial charge is 0.388 e. The zero-order valence-electron chi connectivity index (χ0n) is 7.31. The molecule has 10 heavy (non-hydrogen) atoms. The molecule has 1 fully saturated rings. The molecular weight excluding hydrogens is 126 g/mol. The van der Waals surface area contributed by atoms with Crippen LogP contribution in [0.15, 0.2) is 0 Å². The van der Waals surface area contributed by atoms with Crippen molar-refractivity contribution in [1.29, 1.82) is 0 Å². The molecule has 1 unspecified atom stereocenters. The minimum atomic E-state index is -0.512. The van der Waals surface area contributed by atoms with Crippen LogP contribution in [0.1, 0.15) is 20.8 Å². The lowest BCUT2D eigenvalue weighted by molar-refractivity contribution is -0.0106. The number of hydrogen-bond donors (Lipinski definition) is 1. The van der Waals surface area contributed by atoms with Crippen molar-refractivity contribution in [3.05, 3.63) is 0 Å². The first kappa shape index (κ1) is 8.02. The van der Waals surface area contributed by atoms with Gasteiger partial charge in [-0.2, -0.15) is 0 Å². The minimum absolute atomic E-state index is 0.0434. The minimum Gasteiger partial charge on any atom is -0.388 e. The molecule has 1 aliphatic heterocycles. The van der Waals surface area contributed by atoms with Crippen molar-refractivity contribution in [2.75, 3.05) is 20.1 Å². The molecule has 0 amide bonds. The fourth-order valence-corrected chi connectivity index (χ4v) is 1.64. The molecule has 1 atom stereocenters. The van der Waals surface area contributed by atoms with Crippen LogP contribution in [0.25, 0.3) is 0 Å². The van der Waals surface area contributed by atoms with Gasteiger partial charge in [0.25, 0.3) is 0 Å². The first-order valence-corrected chi connectivity index (χ1v) is 3.76. The molecule has 1 aliphatic rings. The van der Waals surface area contributed by atoms with E-state index in [4.69, 9.17) is 0 Å². The fraction of sp³-hybridized carbons (Fsp3) is 1.00. The SMILES string of the molecule is CN1CC(C)(C)C(C)(O)C1. The molecule has 1 rings (SSSR count). The molecule has 1 heterocycles. The summed E-state index contributed by atoms with van der Waals surface area (Å²) in [4.78, 5) is 2.17. The van der Waals surface area contributed by atoms with Crippen molar-refractivity contribution in [1.82, 2.24) is 4.90 Å². The Morgan fingerprint density at radius 2 is 1.70 bits per heavy atom. The quantitative estimate of drug-likeness (QED) is 0.540. The van der Waals surface area contributed by atoms with Gasteiger partial charge in [0.1, 0.15) is 0 Å². The van der Waals surface area contributed by atoms with Gasteiger partial charge in [0.05, 0.1) is 5.60 Å². The number of β-amino-alcohol motifs (C(OH)–C–C–N with tert-alkyl or cyclic N) is 1. The maximum Gasteiger partial charge on any atom is 0.0808 e. The van der Waals surface area contributed by atoms with Crippen LogP contribution in [-0.2, 0) is 0 Å². The standard InChI is InChI=1S/C8H17NO/c1-7(2)5-9(4)6-8(7,3)10/h10H,5-6H2,1-4H3. The monoisotopic (exact) mass is 143 g/mol. The molecule has 0 aromatic carbocycles. The topological polar surface area (TPSA) is 23.5 Å². The van der Waals surface area contributed by atoms with Gasteiger partial charge in [-0.1, -0.05) is 13.8 Å². The van der Waals surface area contributed by atoms with E-state index in [-0.39, 0.29) is 5.41 Å². The number of nitrogens with zero attached hydrogens (tertiary/aromatic N) is 1. The highest BCUT2D eigenvalue weighted by molar-refractivity contribution is 4.99. The summed E-state index contributed by atoms with van der Waals surface area (Å²) in [7, 11) is 2.04. The Balaban J connectivity index is 2.78. The average molecular weight is 143 g/mol. The van der Waals surface area contributed by atoms with E-state index in [9.17, 15) is 5.11 Å². The van der Waals surface area contributed by atoms with E-state index >= 15 is 0 Å². The van der Waals surface area contributed by atoms with Crippen molar-refractivity contribution in [3.63, 3.8) is 0 Å². The number of likely N-dealkylation sites (N-methyl/N-ethyl adjacent to an activating group) is 1. The summed E-state index contributed by atoms with van der Waals surface area (Å²) in [5, 5.41) is 9.85. The van der Waals surface area contributed by atoms with E-state index in [0.717, 1.165) is 13.1 Å². The van der Waals surface area contributed by atoms with Gasteiger partial charge in [-0.15, -0.1) is 0 Å². The summed E-state index contributed by atoms with van der Waals surface area (Å²) in [6, 6.07) is 0. The number of likely N-dealkylation sites (tertiary alicyclic amines) is 1. The lowest BCUT2D eigenvalue weighted by Crippen LogP contribution is -2.40. The number of aliphatic hydroxyl groups is 1. The Labute approximate surface area is 62.8 Å². The molecule has 0 radical (unpaired) electrons. The van der Waals surface area contributed by atoms with Crippen molar-refractivity contribution in [2.24, 2.45) is 5.41 Å². The maximum atomic E-state index is 9.85. The Hall–Kier alpha value is -0.0800. The van der Waals surface area contributed by atoms with Crippen LogP contribution >= 0.6 is 0 Å². The Morgan fingerprint density at radius 1 is 1.20 bits per heavy atom. The molecule has 0 bridgehead atoms. The van der Waals surface area contributed by atoms with Crippen molar-refractivity contribution in [2.45, 2.75) is 26.4 Å². The Morgan fingerprint density at radius 3 is 1.80 bits per heavy atom. The second kappa shape index (κ2) is 1.95. The lowest BCUT2D eigenvalue weighted by atomic mass is 9.79. The first-order chi connectivity index (χ1) is 4.35. The highest BCUT2D eigenvalue weighted by Gasteiger charge is 2.46.